The number of carbonyl (C=O) groups is 2. The van der Waals surface area contributed by atoms with Gasteiger partial charge >= 0.3 is 0 Å². The molecule has 3 aromatic rings. The Morgan fingerprint density at radius 3 is 2.61 bits per heavy atom. The maximum Gasteiger partial charge on any atom is 0.271 e. The lowest BCUT2D eigenvalue weighted by Crippen LogP contribution is -2.20. The summed E-state index contributed by atoms with van der Waals surface area (Å²) in [7, 11) is 0. The minimum Gasteiger partial charge on any atom is -0.483 e. The highest BCUT2D eigenvalue weighted by molar-refractivity contribution is 9.10. The molecule has 0 bridgehead atoms. The first-order valence-electron chi connectivity index (χ1n) is 9.28. The van der Waals surface area contributed by atoms with Gasteiger partial charge in [-0.25, -0.2) is 5.43 Å². The van der Waals surface area contributed by atoms with Crippen LogP contribution >= 0.6 is 27.5 Å². The molecule has 0 saturated carbocycles. The highest BCUT2D eigenvalue weighted by Gasteiger charge is 2.08. The van der Waals surface area contributed by atoms with E-state index in [1.165, 1.54) is 6.21 Å². The molecular weight excluding hydrogens is 482 g/mol. The van der Waals surface area contributed by atoms with Crippen LogP contribution in [0.15, 0.2) is 76.3 Å². The van der Waals surface area contributed by atoms with Crippen molar-refractivity contribution >= 4 is 51.2 Å². The van der Waals surface area contributed by atoms with E-state index in [-0.39, 0.29) is 18.4 Å². The van der Waals surface area contributed by atoms with Crippen molar-refractivity contribution in [1.82, 2.24) is 5.43 Å². The Hall–Kier alpha value is -3.16. The molecule has 158 valence electrons. The molecule has 6 nitrogen and oxygen atoms in total. The molecule has 31 heavy (non-hydrogen) atoms. The first kappa shape index (κ1) is 22.5. The van der Waals surface area contributed by atoms with Crippen LogP contribution in [0, 0.1) is 6.92 Å². The smallest absolute Gasteiger partial charge is 0.271 e. The summed E-state index contributed by atoms with van der Waals surface area (Å²) in [5.41, 5.74) is 5.23. The number of hydrogen-bond acceptors (Lipinski definition) is 4. The molecule has 2 N–H and O–H groups in total. The molecule has 0 saturated heterocycles. The molecule has 3 rings (SSSR count). The number of aryl methyl sites for hydroxylation is 1. The van der Waals surface area contributed by atoms with Crippen LogP contribution in [0.2, 0.25) is 5.02 Å². The Morgan fingerprint density at radius 2 is 1.87 bits per heavy atom. The molecule has 0 spiro atoms. The normalized spacial score (nSPS) is 10.7. The van der Waals surface area contributed by atoms with Gasteiger partial charge in [-0.05, 0) is 67.1 Å². The second kappa shape index (κ2) is 10.7. The summed E-state index contributed by atoms with van der Waals surface area (Å²) in [6, 6.07) is 19.2. The predicted molar refractivity (Wildman–Crippen MR) is 126 cm³/mol. The Morgan fingerprint density at radius 1 is 1.10 bits per heavy atom. The fraction of sp³-hybridized carbons (Fsp3) is 0.0870. The van der Waals surface area contributed by atoms with Gasteiger partial charge in [0, 0.05) is 26.3 Å². The summed E-state index contributed by atoms with van der Waals surface area (Å²) in [5, 5.41) is 7.32. The van der Waals surface area contributed by atoms with E-state index >= 15 is 0 Å². The third-order valence-electron chi connectivity index (χ3n) is 4.11. The average molecular weight is 501 g/mol. The van der Waals surface area contributed by atoms with Gasteiger partial charge in [0.1, 0.15) is 5.75 Å². The standard InChI is InChI=1S/C23H19BrClN3O3/c1-15-3-2-4-20(11-15)27-22(29)14-31-21-10-7-18(24)12-17(21)13-26-28-23(30)16-5-8-19(25)9-6-16/h2-13H,14H2,1H3,(H,27,29)(H,28,30)/b26-13+. The van der Waals surface area contributed by atoms with Crippen LogP contribution in [0.1, 0.15) is 21.5 Å². The maximum atomic E-state index is 12.2. The lowest BCUT2D eigenvalue weighted by Gasteiger charge is -2.10. The first-order chi connectivity index (χ1) is 14.9. The fourth-order valence-corrected chi connectivity index (χ4v) is 3.15. The number of anilines is 1. The predicted octanol–water partition coefficient (Wildman–Crippen LogP) is 5.19. The van der Waals surface area contributed by atoms with Crippen molar-refractivity contribution in [3.05, 3.63) is 92.9 Å². The molecule has 8 heteroatoms. The van der Waals surface area contributed by atoms with Crippen molar-refractivity contribution in [2.75, 3.05) is 11.9 Å². The Balaban J connectivity index is 1.61. The summed E-state index contributed by atoms with van der Waals surface area (Å²) < 4.78 is 6.46. The second-order valence-corrected chi connectivity index (χ2v) is 7.95. The van der Waals surface area contributed by atoms with E-state index in [1.807, 2.05) is 31.2 Å². The van der Waals surface area contributed by atoms with E-state index in [4.69, 9.17) is 16.3 Å². The number of benzene rings is 3. The highest BCUT2D eigenvalue weighted by Crippen LogP contribution is 2.22. The quantitative estimate of drug-likeness (QED) is 0.346. The summed E-state index contributed by atoms with van der Waals surface area (Å²) in [5.74, 6) is -0.206. The van der Waals surface area contributed by atoms with Crippen molar-refractivity contribution in [2.45, 2.75) is 6.92 Å². The third-order valence-corrected chi connectivity index (χ3v) is 4.85. The number of hydrogen-bond donors (Lipinski definition) is 2. The number of hydrazone groups is 1. The van der Waals surface area contributed by atoms with Gasteiger partial charge in [-0.1, -0.05) is 39.7 Å². The molecular formula is C23H19BrClN3O3. The van der Waals surface area contributed by atoms with Gasteiger partial charge in [0.25, 0.3) is 11.8 Å². The summed E-state index contributed by atoms with van der Waals surface area (Å²) >= 11 is 9.22. The van der Waals surface area contributed by atoms with Gasteiger partial charge in [-0.3, -0.25) is 9.59 Å². The Bertz CT molecular complexity index is 1120. The molecule has 0 radical (unpaired) electrons. The molecule has 0 fully saturated rings. The molecule has 0 unspecified atom stereocenters. The molecule has 0 aromatic heterocycles. The van der Waals surface area contributed by atoms with Gasteiger partial charge in [0.2, 0.25) is 0 Å². The number of rotatable bonds is 7. The van der Waals surface area contributed by atoms with Crippen LogP contribution < -0.4 is 15.5 Å². The van der Waals surface area contributed by atoms with Crippen LogP contribution in [0.25, 0.3) is 0 Å². The van der Waals surface area contributed by atoms with Crippen molar-refractivity contribution in [3.63, 3.8) is 0 Å². The molecule has 0 aliphatic rings. The van der Waals surface area contributed by atoms with E-state index in [1.54, 1.807) is 42.5 Å². The fourth-order valence-electron chi connectivity index (χ4n) is 2.64. The van der Waals surface area contributed by atoms with Crippen LogP contribution in [-0.2, 0) is 4.79 Å². The van der Waals surface area contributed by atoms with Crippen molar-refractivity contribution in [2.24, 2.45) is 5.10 Å². The minimum absolute atomic E-state index is 0.173. The van der Waals surface area contributed by atoms with Gasteiger partial charge < -0.3 is 10.1 Å². The molecule has 0 heterocycles. The van der Waals surface area contributed by atoms with Gasteiger partial charge in [0.15, 0.2) is 6.61 Å². The second-order valence-electron chi connectivity index (χ2n) is 6.59. The third kappa shape index (κ3) is 6.94. The van der Waals surface area contributed by atoms with E-state index in [0.717, 1.165) is 10.0 Å². The first-order valence-corrected chi connectivity index (χ1v) is 10.5. The zero-order chi connectivity index (χ0) is 22.2. The zero-order valence-electron chi connectivity index (χ0n) is 16.6. The molecule has 0 atom stereocenters. The monoisotopic (exact) mass is 499 g/mol. The number of nitrogens with zero attached hydrogens (tertiary/aromatic N) is 1. The maximum absolute atomic E-state index is 12.2. The van der Waals surface area contributed by atoms with Crippen LogP contribution in [0.3, 0.4) is 0 Å². The van der Waals surface area contributed by atoms with Gasteiger partial charge in [0.05, 0.1) is 6.21 Å². The van der Waals surface area contributed by atoms with E-state index in [2.05, 4.69) is 31.8 Å². The molecule has 2 amide bonds. The molecule has 3 aromatic carbocycles. The summed E-state index contributed by atoms with van der Waals surface area (Å²) in [4.78, 5) is 24.4. The SMILES string of the molecule is Cc1cccc(NC(=O)COc2ccc(Br)cc2/C=N/NC(=O)c2ccc(Cl)cc2)c1. The van der Waals surface area contributed by atoms with Gasteiger partial charge in [-0.15, -0.1) is 0 Å². The lowest BCUT2D eigenvalue weighted by atomic mass is 10.2. The van der Waals surface area contributed by atoms with Crippen molar-refractivity contribution in [3.8, 4) is 5.75 Å². The average Bonchev–Trinajstić information content (AvgIpc) is 2.73. The highest BCUT2D eigenvalue weighted by atomic mass is 79.9. The number of ether oxygens (including phenoxy) is 1. The zero-order valence-corrected chi connectivity index (χ0v) is 18.9. The van der Waals surface area contributed by atoms with Crippen LogP contribution in [-0.4, -0.2) is 24.6 Å². The summed E-state index contributed by atoms with van der Waals surface area (Å²) in [6.07, 6.45) is 1.45. The Labute approximate surface area is 193 Å². The van der Waals surface area contributed by atoms with Crippen molar-refractivity contribution in [1.29, 1.82) is 0 Å². The Kier molecular flexibility index (Phi) is 7.81. The van der Waals surface area contributed by atoms with Crippen LogP contribution in [0.5, 0.6) is 5.75 Å². The van der Waals surface area contributed by atoms with Gasteiger partial charge in [-0.2, -0.15) is 5.10 Å². The molecule has 0 aliphatic heterocycles. The largest absolute Gasteiger partial charge is 0.483 e. The number of amides is 2. The minimum atomic E-state index is -0.372. The van der Waals surface area contributed by atoms with E-state index < -0.39 is 0 Å². The lowest BCUT2D eigenvalue weighted by molar-refractivity contribution is -0.118. The number of halogens is 2. The molecule has 0 aliphatic carbocycles. The van der Waals surface area contributed by atoms with Crippen LogP contribution in [0.4, 0.5) is 5.69 Å². The topological polar surface area (TPSA) is 79.8 Å². The van der Waals surface area contributed by atoms with E-state index in [0.29, 0.717) is 27.6 Å². The number of nitrogens with one attached hydrogen (secondary N) is 2. The van der Waals surface area contributed by atoms with E-state index in [9.17, 15) is 9.59 Å². The number of carbonyl (C=O) groups excluding carboxylic acids is 2. The van der Waals surface area contributed by atoms with Crippen molar-refractivity contribution < 1.29 is 14.3 Å². The summed E-state index contributed by atoms with van der Waals surface area (Å²) in [6.45, 7) is 1.78.